The minimum absolute atomic E-state index is 1.02. The Labute approximate surface area is 128 Å². The van der Waals surface area contributed by atoms with Gasteiger partial charge < -0.3 is 5.32 Å². The van der Waals surface area contributed by atoms with Crippen LogP contribution in [0.2, 0.25) is 0 Å². The van der Waals surface area contributed by atoms with Crippen molar-refractivity contribution in [3.8, 4) is 0 Å². The van der Waals surface area contributed by atoms with E-state index in [2.05, 4.69) is 12.2 Å². The number of rotatable bonds is 11. The highest BCUT2D eigenvalue weighted by Gasteiger charge is 2.10. The molecule has 1 aliphatic heterocycles. The molecule has 0 aromatic carbocycles. The largest absolute Gasteiger partial charge is 0.317 e. The first-order valence-electron chi connectivity index (χ1n) is 9.64. The number of nitrogens with one attached hydrogen (secondary N) is 1. The third kappa shape index (κ3) is 10.7. The summed E-state index contributed by atoms with van der Waals surface area (Å²) < 4.78 is 0. The third-order valence-corrected chi connectivity index (χ3v) is 4.91. The summed E-state index contributed by atoms with van der Waals surface area (Å²) in [5.41, 5.74) is 0. The molecule has 1 nitrogen and oxygen atoms in total. The molecule has 1 heteroatoms. The summed E-state index contributed by atoms with van der Waals surface area (Å²) >= 11 is 0. The second-order valence-corrected chi connectivity index (χ2v) is 6.87. The average molecular weight is 282 g/mol. The van der Waals surface area contributed by atoms with Crippen molar-refractivity contribution in [1.82, 2.24) is 5.32 Å². The smallest absolute Gasteiger partial charge is 0.00463 e. The first-order chi connectivity index (χ1) is 9.93. The Bertz CT molecular complexity index is 182. The van der Waals surface area contributed by atoms with E-state index in [0.29, 0.717) is 0 Å². The molecule has 0 aromatic heterocycles. The van der Waals surface area contributed by atoms with Gasteiger partial charge in [-0.15, -0.1) is 0 Å². The normalized spacial score (nSPS) is 20.6. The molecular weight excluding hydrogens is 242 g/mol. The van der Waals surface area contributed by atoms with Crippen molar-refractivity contribution in [3.63, 3.8) is 0 Å². The maximum absolute atomic E-state index is 3.56. The Balaban J connectivity index is 1.81. The third-order valence-electron chi connectivity index (χ3n) is 4.91. The zero-order valence-corrected chi connectivity index (χ0v) is 14.1. The molecule has 1 saturated heterocycles. The lowest BCUT2D eigenvalue weighted by molar-refractivity contribution is 0.355. The van der Waals surface area contributed by atoms with Crippen molar-refractivity contribution in [1.29, 1.82) is 0 Å². The van der Waals surface area contributed by atoms with Gasteiger partial charge in [0.25, 0.3) is 0 Å². The van der Waals surface area contributed by atoms with Gasteiger partial charge >= 0.3 is 0 Å². The highest BCUT2D eigenvalue weighted by atomic mass is 14.8. The van der Waals surface area contributed by atoms with E-state index in [9.17, 15) is 0 Å². The van der Waals surface area contributed by atoms with Crippen molar-refractivity contribution < 1.29 is 0 Å². The minimum Gasteiger partial charge on any atom is -0.317 e. The molecule has 1 aliphatic rings. The maximum atomic E-state index is 3.56. The van der Waals surface area contributed by atoms with Crippen molar-refractivity contribution in [2.45, 2.75) is 103 Å². The highest BCUT2D eigenvalue weighted by Crippen LogP contribution is 2.21. The number of hydrogen-bond acceptors (Lipinski definition) is 1. The summed E-state index contributed by atoms with van der Waals surface area (Å²) in [6, 6.07) is 0. The second-order valence-electron chi connectivity index (χ2n) is 6.87. The summed E-state index contributed by atoms with van der Waals surface area (Å²) in [7, 11) is 0. The molecule has 0 spiro atoms. The molecular formula is C19H39N. The van der Waals surface area contributed by atoms with Crippen LogP contribution in [0.4, 0.5) is 0 Å². The van der Waals surface area contributed by atoms with Gasteiger partial charge in [-0.25, -0.2) is 0 Å². The predicted octanol–water partition coefficient (Wildman–Crippen LogP) is 6.08. The summed E-state index contributed by atoms with van der Waals surface area (Å²) in [6.07, 6.45) is 21.9. The van der Waals surface area contributed by atoms with E-state index in [1.54, 1.807) is 0 Å². The molecule has 1 heterocycles. The van der Waals surface area contributed by atoms with E-state index in [4.69, 9.17) is 0 Å². The zero-order valence-electron chi connectivity index (χ0n) is 14.1. The fraction of sp³-hybridized carbons (Fsp3) is 1.00. The van der Waals surface area contributed by atoms with Crippen LogP contribution in [0.5, 0.6) is 0 Å². The molecule has 0 aliphatic carbocycles. The number of hydrogen-bond donors (Lipinski definition) is 1. The summed E-state index contributed by atoms with van der Waals surface area (Å²) in [5.74, 6) is 1.02. The van der Waals surface area contributed by atoms with Crippen LogP contribution in [0.15, 0.2) is 0 Å². The Kier molecular flexibility index (Phi) is 12.5. The Morgan fingerprint density at radius 3 is 2.05 bits per heavy atom. The van der Waals surface area contributed by atoms with Crippen LogP contribution in [-0.4, -0.2) is 13.1 Å². The highest BCUT2D eigenvalue weighted by molar-refractivity contribution is 4.65. The van der Waals surface area contributed by atoms with E-state index in [-0.39, 0.29) is 0 Å². The van der Waals surface area contributed by atoms with Gasteiger partial charge in [0.2, 0.25) is 0 Å². The molecule has 0 saturated carbocycles. The molecule has 1 atom stereocenters. The lowest BCUT2D eigenvalue weighted by Crippen LogP contribution is -2.22. The first kappa shape index (κ1) is 18.0. The van der Waals surface area contributed by atoms with Crippen LogP contribution >= 0.6 is 0 Å². The predicted molar refractivity (Wildman–Crippen MR) is 91.3 cm³/mol. The van der Waals surface area contributed by atoms with E-state index in [1.165, 1.54) is 109 Å². The molecule has 1 fully saturated rings. The maximum Gasteiger partial charge on any atom is -0.00463 e. The summed E-state index contributed by atoms with van der Waals surface area (Å²) in [5, 5.41) is 3.56. The van der Waals surface area contributed by atoms with Gasteiger partial charge in [-0.05, 0) is 31.8 Å². The molecule has 1 unspecified atom stereocenters. The van der Waals surface area contributed by atoms with Gasteiger partial charge in [0.15, 0.2) is 0 Å². The Morgan fingerprint density at radius 1 is 0.700 bits per heavy atom. The molecule has 1 N–H and O–H groups in total. The standard InChI is InChI=1S/C19H39N/c1-2-3-4-5-6-7-8-9-10-11-14-19-15-12-13-17-20-18-16-19/h19-20H,2-18H2,1H3. The van der Waals surface area contributed by atoms with E-state index in [1.807, 2.05) is 0 Å². The summed E-state index contributed by atoms with van der Waals surface area (Å²) in [4.78, 5) is 0. The monoisotopic (exact) mass is 281 g/mol. The number of unbranched alkanes of at least 4 members (excludes halogenated alkanes) is 9. The van der Waals surface area contributed by atoms with Gasteiger partial charge in [0, 0.05) is 0 Å². The van der Waals surface area contributed by atoms with Gasteiger partial charge in [-0.1, -0.05) is 90.4 Å². The van der Waals surface area contributed by atoms with Crippen LogP contribution in [0.1, 0.15) is 103 Å². The second kappa shape index (κ2) is 13.9. The lowest BCUT2D eigenvalue weighted by atomic mass is 9.91. The van der Waals surface area contributed by atoms with Crippen molar-refractivity contribution >= 4 is 0 Å². The Hall–Kier alpha value is -0.0400. The fourth-order valence-electron chi connectivity index (χ4n) is 3.47. The van der Waals surface area contributed by atoms with Crippen molar-refractivity contribution in [2.75, 3.05) is 13.1 Å². The van der Waals surface area contributed by atoms with Gasteiger partial charge in [0.05, 0.1) is 0 Å². The van der Waals surface area contributed by atoms with Crippen LogP contribution in [0, 0.1) is 5.92 Å². The topological polar surface area (TPSA) is 12.0 Å². The first-order valence-corrected chi connectivity index (χ1v) is 9.64. The molecule has 0 radical (unpaired) electrons. The van der Waals surface area contributed by atoms with Crippen molar-refractivity contribution in [3.05, 3.63) is 0 Å². The molecule has 1 rings (SSSR count). The fourth-order valence-corrected chi connectivity index (χ4v) is 3.47. The Morgan fingerprint density at radius 2 is 1.35 bits per heavy atom. The van der Waals surface area contributed by atoms with Gasteiger partial charge in [-0.2, -0.15) is 0 Å². The average Bonchev–Trinajstić information content (AvgIpc) is 2.42. The van der Waals surface area contributed by atoms with E-state index < -0.39 is 0 Å². The molecule has 0 bridgehead atoms. The molecule has 20 heavy (non-hydrogen) atoms. The van der Waals surface area contributed by atoms with Crippen LogP contribution in [0.3, 0.4) is 0 Å². The molecule has 0 amide bonds. The minimum atomic E-state index is 1.02. The molecule has 120 valence electrons. The van der Waals surface area contributed by atoms with Crippen LogP contribution in [-0.2, 0) is 0 Å². The van der Waals surface area contributed by atoms with Gasteiger partial charge in [0.1, 0.15) is 0 Å². The van der Waals surface area contributed by atoms with Crippen LogP contribution < -0.4 is 5.32 Å². The van der Waals surface area contributed by atoms with Crippen molar-refractivity contribution in [2.24, 2.45) is 5.92 Å². The molecule has 0 aromatic rings. The summed E-state index contributed by atoms with van der Waals surface area (Å²) in [6.45, 7) is 4.82. The van der Waals surface area contributed by atoms with Crippen LogP contribution in [0.25, 0.3) is 0 Å². The SMILES string of the molecule is CCCCCCCCCCCCC1CCCCNCC1. The quantitative estimate of drug-likeness (QED) is 0.453. The zero-order chi connectivity index (χ0) is 14.3. The van der Waals surface area contributed by atoms with Gasteiger partial charge in [-0.3, -0.25) is 0 Å². The van der Waals surface area contributed by atoms with E-state index in [0.717, 1.165) is 5.92 Å². The van der Waals surface area contributed by atoms with E-state index >= 15 is 0 Å². The lowest BCUT2D eigenvalue weighted by Gasteiger charge is -2.20.